The molecule has 2 aromatic rings. The molecule has 0 aromatic heterocycles. The number of carbonyl (C=O) groups is 2. The van der Waals surface area contributed by atoms with Crippen molar-refractivity contribution in [3.05, 3.63) is 65.2 Å². The first-order valence-electron chi connectivity index (χ1n) is 15.7. The van der Waals surface area contributed by atoms with Gasteiger partial charge in [-0.25, -0.2) is 4.79 Å². The van der Waals surface area contributed by atoms with E-state index in [2.05, 4.69) is 22.5 Å². The number of hydrogen-bond donors (Lipinski definition) is 0. The predicted molar refractivity (Wildman–Crippen MR) is 164 cm³/mol. The van der Waals surface area contributed by atoms with Crippen molar-refractivity contribution in [3.63, 3.8) is 0 Å². The van der Waals surface area contributed by atoms with E-state index >= 15 is 0 Å². The Kier molecular flexibility index (Phi) is 14.8. The Morgan fingerprint density at radius 3 is 2.27 bits per heavy atom. The number of hydrogen-bond acceptors (Lipinski definition) is 6. The minimum absolute atomic E-state index is 0.190. The van der Waals surface area contributed by atoms with Crippen LogP contribution in [-0.4, -0.2) is 44.5 Å². The average molecular weight is 619 g/mol. The lowest BCUT2D eigenvalue weighted by Gasteiger charge is -2.23. The summed E-state index contributed by atoms with van der Waals surface area (Å²) in [4.78, 5) is 24.8. The lowest BCUT2D eigenvalue weighted by Crippen LogP contribution is -2.34. The van der Waals surface area contributed by atoms with Crippen LogP contribution in [-0.2, 0) is 31.9 Å². The average Bonchev–Trinajstić information content (AvgIpc) is 3.01. The summed E-state index contributed by atoms with van der Waals surface area (Å²) in [5.41, 5.74) is 2.87. The monoisotopic (exact) mass is 618 g/mol. The van der Waals surface area contributed by atoms with Gasteiger partial charge in [-0.2, -0.15) is 13.2 Å². The molecule has 2 unspecified atom stereocenters. The fraction of sp³-hybridized carbons (Fsp3) is 0.543. The van der Waals surface area contributed by atoms with Crippen molar-refractivity contribution in [1.29, 1.82) is 0 Å². The fourth-order valence-corrected chi connectivity index (χ4v) is 5.15. The Hall–Kier alpha value is -3.33. The molecule has 2 atom stereocenters. The molecule has 2 aromatic carbocycles. The zero-order chi connectivity index (χ0) is 31.8. The van der Waals surface area contributed by atoms with Crippen molar-refractivity contribution >= 4 is 18.0 Å². The van der Waals surface area contributed by atoms with Gasteiger partial charge in [0, 0.05) is 19.6 Å². The lowest BCUT2D eigenvalue weighted by atomic mass is 9.84. The van der Waals surface area contributed by atoms with Gasteiger partial charge in [0.1, 0.15) is 11.5 Å². The van der Waals surface area contributed by atoms with Crippen LogP contribution in [0.5, 0.6) is 11.5 Å². The zero-order valence-corrected chi connectivity index (χ0v) is 25.8. The number of esters is 2. The summed E-state index contributed by atoms with van der Waals surface area (Å²) < 4.78 is 59.9. The molecule has 6 nitrogen and oxygen atoms in total. The van der Waals surface area contributed by atoms with Crippen molar-refractivity contribution < 1.29 is 41.7 Å². The number of benzene rings is 2. The van der Waals surface area contributed by atoms with Crippen molar-refractivity contribution in [2.75, 3.05) is 20.3 Å². The Labute approximate surface area is 258 Å². The Morgan fingerprint density at radius 1 is 0.909 bits per heavy atom. The molecule has 0 spiro atoms. The van der Waals surface area contributed by atoms with E-state index in [1.165, 1.54) is 63.7 Å². The molecule has 1 aliphatic carbocycles. The summed E-state index contributed by atoms with van der Waals surface area (Å²) in [6.07, 6.45) is 6.98. The van der Waals surface area contributed by atoms with E-state index in [9.17, 15) is 22.8 Å². The molecule has 1 aliphatic rings. The SMILES string of the molecule is CCCCCCCCCCOc1ccc2c(c1)CCC(C(=O)Oc1ccc(C=CC(=O)OC(CCOC)C(F)(F)F)cc1)C2. The summed E-state index contributed by atoms with van der Waals surface area (Å²) in [5, 5.41) is 0. The Balaban J connectivity index is 1.41. The molecule has 9 heteroatoms. The summed E-state index contributed by atoms with van der Waals surface area (Å²) in [6.45, 7) is 2.76. The number of rotatable bonds is 18. The third kappa shape index (κ3) is 12.3. The second-order valence-electron chi connectivity index (χ2n) is 11.3. The van der Waals surface area contributed by atoms with Crippen LogP contribution in [0.3, 0.4) is 0 Å². The molecule has 0 fully saturated rings. The van der Waals surface area contributed by atoms with Crippen LogP contribution in [0.25, 0.3) is 6.08 Å². The first-order valence-corrected chi connectivity index (χ1v) is 15.7. The van der Waals surface area contributed by atoms with Crippen molar-refractivity contribution in [1.82, 2.24) is 0 Å². The van der Waals surface area contributed by atoms with Crippen molar-refractivity contribution in [3.8, 4) is 11.5 Å². The highest BCUT2D eigenvalue weighted by Gasteiger charge is 2.42. The summed E-state index contributed by atoms with van der Waals surface area (Å²) >= 11 is 0. The van der Waals surface area contributed by atoms with Gasteiger partial charge < -0.3 is 18.9 Å². The summed E-state index contributed by atoms with van der Waals surface area (Å²) in [6, 6.07) is 12.5. The summed E-state index contributed by atoms with van der Waals surface area (Å²) in [5.74, 6) is -0.463. The van der Waals surface area contributed by atoms with E-state index in [0.29, 0.717) is 24.2 Å². The van der Waals surface area contributed by atoms with Crippen LogP contribution in [0.15, 0.2) is 48.5 Å². The number of ether oxygens (including phenoxy) is 4. The molecule has 0 aliphatic heterocycles. The topological polar surface area (TPSA) is 71.1 Å². The molecular formula is C35H45F3O6. The van der Waals surface area contributed by atoms with E-state index in [1.807, 2.05) is 12.1 Å². The molecule has 0 bridgehead atoms. The third-order valence-electron chi connectivity index (χ3n) is 7.72. The van der Waals surface area contributed by atoms with Crippen LogP contribution < -0.4 is 9.47 Å². The minimum Gasteiger partial charge on any atom is -0.494 e. The largest absolute Gasteiger partial charge is 0.494 e. The van der Waals surface area contributed by atoms with E-state index in [-0.39, 0.29) is 18.5 Å². The number of aryl methyl sites for hydroxylation is 1. The molecule has 0 radical (unpaired) electrons. The third-order valence-corrected chi connectivity index (χ3v) is 7.72. The number of alkyl halides is 3. The second kappa shape index (κ2) is 18.5. The number of fused-ring (bicyclic) bond motifs is 1. The summed E-state index contributed by atoms with van der Waals surface area (Å²) in [7, 11) is 1.27. The number of carbonyl (C=O) groups excluding carboxylic acids is 2. The van der Waals surface area contributed by atoms with Gasteiger partial charge in [-0.3, -0.25) is 4.79 Å². The van der Waals surface area contributed by atoms with E-state index in [4.69, 9.17) is 9.47 Å². The second-order valence-corrected chi connectivity index (χ2v) is 11.3. The molecule has 0 saturated carbocycles. The number of halogens is 3. The quantitative estimate of drug-likeness (QED) is 0.0723. The van der Waals surface area contributed by atoms with Gasteiger partial charge in [0.25, 0.3) is 0 Å². The van der Waals surface area contributed by atoms with E-state index in [1.54, 1.807) is 24.3 Å². The standard InChI is InChI=1S/C35H45F3O6/c1-3-4-5-6-7-8-9-10-22-42-31-19-16-27-24-29(15-14-28(27)25-31)34(40)43-30-17-11-26(12-18-30)13-20-33(39)44-32(21-23-41-2)35(36,37)38/h11-13,16-20,25,29,32H,3-10,14-15,21-24H2,1-2H3. The van der Waals surface area contributed by atoms with Crippen LogP contribution in [0.1, 0.15) is 87.8 Å². The van der Waals surface area contributed by atoms with Gasteiger partial charge in [0.05, 0.1) is 19.1 Å². The van der Waals surface area contributed by atoms with Crippen molar-refractivity contribution in [2.24, 2.45) is 5.92 Å². The lowest BCUT2D eigenvalue weighted by molar-refractivity contribution is -0.221. The van der Waals surface area contributed by atoms with Crippen molar-refractivity contribution in [2.45, 2.75) is 96.3 Å². The van der Waals surface area contributed by atoms with Crippen LogP contribution >= 0.6 is 0 Å². The Bertz CT molecular complexity index is 1190. The molecular weight excluding hydrogens is 573 g/mol. The maximum absolute atomic E-state index is 13.0. The van der Waals surface area contributed by atoms with Crippen LogP contribution in [0, 0.1) is 5.92 Å². The molecule has 44 heavy (non-hydrogen) atoms. The van der Waals surface area contributed by atoms with Gasteiger partial charge in [-0.05, 0) is 72.7 Å². The smallest absolute Gasteiger partial charge is 0.425 e. The van der Waals surface area contributed by atoms with Gasteiger partial charge in [-0.1, -0.05) is 70.1 Å². The zero-order valence-electron chi connectivity index (χ0n) is 25.8. The van der Waals surface area contributed by atoms with Crippen LogP contribution in [0.2, 0.25) is 0 Å². The first kappa shape index (κ1) is 35.2. The molecule has 0 amide bonds. The normalized spacial score (nSPS) is 15.5. The molecule has 0 N–H and O–H groups in total. The van der Waals surface area contributed by atoms with E-state index in [0.717, 1.165) is 36.8 Å². The van der Waals surface area contributed by atoms with Gasteiger partial charge in [0.15, 0.2) is 6.10 Å². The molecule has 3 rings (SSSR count). The van der Waals surface area contributed by atoms with Gasteiger partial charge in [0.2, 0.25) is 0 Å². The predicted octanol–water partition coefficient (Wildman–Crippen LogP) is 8.44. The van der Waals surface area contributed by atoms with Gasteiger partial charge in [-0.15, -0.1) is 0 Å². The highest BCUT2D eigenvalue weighted by Crippen LogP contribution is 2.30. The van der Waals surface area contributed by atoms with Crippen LogP contribution in [0.4, 0.5) is 13.2 Å². The highest BCUT2D eigenvalue weighted by atomic mass is 19.4. The number of unbranched alkanes of at least 4 members (excludes halogenated alkanes) is 7. The Morgan fingerprint density at radius 2 is 1.59 bits per heavy atom. The molecule has 0 heterocycles. The number of methoxy groups -OCH3 is 1. The molecule has 0 saturated heterocycles. The highest BCUT2D eigenvalue weighted by molar-refractivity contribution is 5.87. The van der Waals surface area contributed by atoms with Gasteiger partial charge >= 0.3 is 18.1 Å². The maximum atomic E-state index is 13.0. The fourth-order valence-electron chi connectivity index (χ4n) is 5.15. The molecule has 242 valence electrons. The minimum atomic E-state index is -4.68. The maximum Gasteiger partial charge on any atom is 0.425 e. The first-order chi connectivity index (χ1) is 21.2. The van der Waals surface area contributed by atoms with E-state index < -0.39 is 24.7 Å².